The third-order valence-corrected chi connectivity index (χ3v) is 3.10. The van der Waals surface area contributed by atoms with Gasteiger partial charge in [-0.2, -0.15) is 0 Å². The van der Waals surface area contributed by atoms with Gasteiger partial charge < -0.3 is 10.2 Å². The van der Waals surface area contributed by atoms with Crippen LogP contribution in [0.3, 0.4) is 0 Å². The second kappa shape index (κ2) is 4.60. The van der Waals surface area contributed by atoms with E-state index in [1.807, 2.05) is 5.32 Å². The maximum Gasteiger partial charge on any atom is 0.409 e. The van der Waals surface area contributed by atoms with Crippen molar-refractivity contribution in [2.45, 2.75) is 4.90 Å². The van der Waals surface area contributed by atoms with Crippen molar-refractivity contribution in [2.75, 3.05) is 5.32 Å². The minimum absolute atomic E-state index is 0.242. The highest BCUT2D eigenvalue weighted by Gasteiger charge is 2.17. The lowest BCUT2D eigenvalue weighted by atomic mass is 10.2. The van der Waals surface area contributed by atoms with E-state index in [9.17, 15) is 18.0 Å². The Morgan fingerprint density at radius 3 is 2.24 bits per heavy atom. The maximum atomic E-state index is 11.0. The summed E-state index contributed by atoms with van der Waals surface area (Å²) in [6.07, 6.45) is -1.46. The molecule has 0 heterocycles. The molecule has 1 aromatic carbocycles. The highest BCUT2D eigenvalue weighted by Crippen LogP contribution is 2.22. The highest BCUT2D eigenvalue weighted by molar-refractivity contribution is 8.13. The first-order chi connectivity index (χ1) is 7.71. The van der Waals surface area contributed by atoms with Crippen LogP contribution in [0.5, 0.6) is 0 Å². The number of carboxylic acid groups (broad SMARTS) is 2. The molecule has 0 fully saturated rings. The van der Waals surface area contributed by atoms with Crippen LogP contribution in [-0.2, 0) is 9.05 Å². The Morgan fingerprint density at radius 1 is 1.24 bits per heavy atom. The average molecular weight is 280 g/mol. The normalized spacial score (nSPS) is 10.9. The molecule has 0 bridgehead atoms. The van der Waals surface area contributed by atoms with Crippen LogP contribution in [0.1, 0.15) is 10.4 Å². The van der Waals surface area contributed by atoms with Crippen molar-refractivity contribution < 1.29 is 28.2 Å². The SMILES string of the molecule is O=C(O)Nc1ccc(S(=O)(=O)Cl)cc1C(=O)O. The minimum Gasteiger partial charge on any atom is -0.478 e. The zero-order chi connectivity index (χ0) is 13.2. The van der Waals surface area contributed by atoms with Gasteiger partial charge >= 0.3 is 12.1 Å². The quantitative estimate of drug-likeness (QED) is 0.719. The van der Waals surface area contributed by atoms with Crippen molar-refractivity contribution in [3.8, 4) is 0 Å². The molecule has 1 aromatic rings. The lowest BCUT2D eigenvalue weighted by molar-refractivity contribution is 0.0698. The van der Waals surface area contributed by atoms with E-state index < -0.39 is 31.6 Å². The number of nitrogens with one attached hydrogen (secondary N) is 1. The molecule has 92 valence electrons. The summed E-state index contributed by atoms with van der Waals surface area (Å²) in [5.74, 6) is -1.48. The summed E-state index contributed by atoms with van der Waals surface area (Å²) in [6, 6.07) is 2.78. The van der Waals surface area contributed by atoms with Crippen molar-refractivity contribution in [1.29, 1.82) is 0 Å². The first-order valence-electron chi connectivity index (χ1n) is 4.04. The van der Waals surface area contributed by atoms with Crippen molar-refractivity contribution in [3.63, 3.8) is 0 Å². The number of carbonyl (C=O) groups is 2. The number of halogens is 1. The fraction of sp³-hybridized carbons (Fsp3) is 0. The molecule has 3 N–H and O–H groups in total. The van der Waals surface area contributed by atoms with Gasteiger partial charge in [-0.3, -0.25) is 5.32 Å². The van der Waals surface area contributed by atoms with Crippen molar-refractivity contribution in [2.24, 2.45) is 0 Å². The van der Waals surface area contributed by atoms with Crippen LogP contribution >= 0.6 is 10.7 Å². The van der Waals surface area contributed by atoms with Gasteiger partial charge in [0.25, 0.3) is 9.05 Å². The molecular formula is C8H6ClNO6S. The number of amides is 1. The Kier molecular flexibility index (Phi) is 3.59. The number of anilines is 1. The molecule has 0 aliphatic carbocycles. The van der Waals surface area contributed by atoms with Crippen LogP contribution in [0, 0.1) is 0 Å². The summed E-state index contributed by atoms with van der Waals surface area (Å²) in [6.45, 7) is 0. The van der Waals surface area contributed by atoms with Crippen LogP contribution < -0.4 is 5.32 Å². The van der Waals surface area contributed by atoms with Crippen LogP contribution in [0.2, 0.25) is 0 Å². The summed E-state index contributed by atoms with van der Waals surface area (Å²) in [5, 5.41) is 19.1. The second-order valence-electron chi connectivity index (χ2n) is 2.88. The first kappa shape index (κ1) is 13.3. The Bertz CT molecular complexity index is 582. The molecular weight excluding hydrogens is 274 g/mol. The smallest absolute Gasteiger partial charge is 0.409 e. The lowest BCUT2D eigenvalue weighted by Crippen LogP contribution is -2.12. The second-order valence-corrected chi connectivity index (χ2v) is 5.45. The Hall–Kier alpha value is -1.80. The zero-order valence-corrected chi connectivity index (χ0v) is 9.62. The summed E-state index contributed by atoms with van der Waals surface area (Å²) >= 11 is 0. The van der Waals surface area contributed by atoms with Crippen molar-refractivity contribution in [3.05, 3.63) is 23.8 Å². The molecule has 1 rings (SSSR count). The predicted octanol–water partition coefficient (Wildman–Crippen LogP) is 1.40. The molecule has 0 saturated carbocycles. The number of aromatic carboxylic acids is 1. The van der Waals surface area contributed by atoms with E-state index in [1.165, 1.54) is 0 Å². The standard InChI is InChI=1S/C8H6ClNO6S/c9-17(15,16)4-1-2-6(10-8(13)14)5(3-4)7(11)12/h1-3,10H,(H,11,12)(H,13,14). The molecule has 0 atom stereocenters. The van der Waals surface area contributed by atoms with Gasteiger partial charge in [0.1, 0.15) is 0 Å². The molecule has 9 heteroatoms. The summed E-state index contributed by atoms with van der Waals surface area (Å²) < 4.78 is 22.0. The predicted molar refractivity (Wildman–Crippen MR) is 58.1 cm³/mol. The molecule has 0 aliphatic heterocycles. The topological polar surface area (TPSA) is 121 Å². The third kappa shape index (κ3) is 3.33. The maximum absolute atomic E-state index is 11.0. The largest absolute Gasteiger partial charge is 0.478 e. The van der Waals surface area contributed by atoms with E-state index in [0.29, 0.717) is 0 Å². The molecule has 0 radical (unpaired) electrons. The molecule has 0 spiro atoms. The lowest BCUT2D eigenvalue weighted by Gasteiger charge is -2.06. The van der Waals surface area contributed by atoms with E-state index in [-0.39, 0.29) is 5.69 Å². The van der Waals surface area contributed by atoms with E-state index in [0.717, 1.165) is 18.2 Å². The molecule has 0 saturated heterocycles. The molecule has 0 unspecified atom stereocenters. The average Bonchev–Trinajstić information content (AvgIpc) is 2.15. The van der Waals surface area contributed by atoms with Crippen LogP contribution in [0.25, 0.3) is 0 Å². The zero-order valence-electron chi connectivity index (χ0n) is 8.05. The van der Waals surface area contributed by atoms with E-state index >= 15 is 0 Å². The van der Waals surface area contributed by atoms with Crippen molar-refractivity contribution >= 4 is 37.5 Å². The number of benzene rings is 1. The monoisotopic (exact) mass is 279 g/mol. The van der Waals surface area contributed by atoms with Gasteiger partial charge in [-0.25, -0.2) is 18.0 Å². The van der Waals surface area contributed by atoms with Crippen LogP contribution in [-0.4, -0.2) is 30.7 Å². The number of rotatable bonds is 3. The molecule has 0 aliphatic rings. The van der Waals surface area contributed by atoms with Gasteiger partial charge in [0, 0.05) is 10.7 Å². The van der Waals surface area contributed by atoms with Crippen LogP contribution in [0.15, 0.2) is 23.1 Å². The van der Waals surface area contributed by atoms with Gasteiger partial charge in [-0.15, -0.1) is 0 Å². The van der Waals surface area contributed by atoms with E-state index in [1.54, 1.807) is 0 Å². The summed E-state index contributed by atoms with van der Waals surface area (Å²) in [4.78, 5) is 20.8. The van der Waals surface area contributed by atoms with Gasteiger partial charge in [0.2, 0.25) is 0 Å². The molecule has 1 amide bonds. The number of carboxylic acids is 1. The summed E-state index contributed by atoms with van der Waals surface area (Å²) in [7, 11) is 0.965. The molecule has 0 aromatic heterocycles. The number of hydrogen-bond donors (Lipinski definition) is 3. The minimum atomic E-state index is -4.07. The van der Waals surface area contributed by atoms with Gasteiger partial charge in [-0.1, -0.05) is 0 Å². The highest BCUT2D eigenvalue weighted by atomic mass is 35.7. The van der Waals surface area contributed by atoms with Gasteiger partial charge in [0.05, 0.1) is 16.1 Å². The fourth-order valence-electron chi connectivity index (χ4n) is 1.08. The van der Waals surface area contributed by atoms with E-state index in [4.69, 9.17) is 20.9 Å². The number of hydrogen-bond acceptors (Lipinski definition) is 4. The van der Waals surface area contributed by atoms with Gasteiger partial charge in [-0.05, 0) is 18.2 Å². The Morgan fingerprint density at radius 2 is 1.82 bits per heavy atom. The third-order valence-electron chi connectivity index (χ3n) is 1.74. The first-order valence-corrected chi connectivity index (χ1v) is 6.34. The van der Waals surface area contributed by atoms with E-state index in [2.05, 4.69) is 0 Å². The Labute approximate surface area is 100 Å². The molecule has 17 heavy (non-hydrogen) atoms. The van der Waals surface area contributed by atoms with Crippen molar-refractivity contribution in [1.82, 2.24) is 0 Å². The Balaban J connectivity index is 3.37. The fourth-order valence-corrected chi connectivity index (χ4v) is 1.85. The molecule has 7 nitrogen and oxygen atoms in total. The van der Waals surface area contributed by atoms with Crippen LogP contribution in [0.4, 0.5) is 10.5 Å². The van der Waals surface area contributed by atoms with Gasteiger partial charge in [0.15, 0.2) is 0 Å². The summed E-state index contributed by atoms with van der Waals surface area (Å²) in [5.41, 5.74) is -0.747.